The van der Waals surface area contributed by atoms with Crippen LogP contribution in [0.4, 0.5) is 10.1 Å². The van der Waals surface area contributed by atoms with Gasteiger partial charge in [0, 0.05) is 30.9 Å². The SMILES string of the molecule is CNC(C)c1cc(F)c(C)cc1N(C)Cc1ccoc1. The zero-order valence-corrected chi connectivity index (χ0v) is 12.4. The van der Waals surface area contributed by atoms with Crippen LogP contribution in [0, 0.1) is 12.7 Å². The van der Waals surface area contributed by atoms with E-state index in [1.165, 1.54) is 0 Å². The van der Waals surface area contributed by atoms with Crippen molar-refractivity contribution in [3.05, 3.63) is 53.2 Å². The normalized spacial score (nSPS) is 12.4. The topological polar surface area (TPSA) is 28.4 Å². The lowest BCUT2D eigenvalue weighted by atomic mass is 10.0. The van der Waals surface area contributed by atoms with Gasteiger partial charge in [0.1, 0.15) is 5.82 Å². The second-order valence-electron chi connectivity index (χ2n) is 5.16. The molecule has 0 aliphatic rings. The molecule has 0 radical (unpaired) electrons. The number of nitrogens with one attached hydrogen (secondary N) is 1. The fourth-order valence-corrected chi connectivity index (χ4v) is 2.26. The second kappa shape index (κ2) is 6.09. The summed E-state index contributed by atoms with van der Waals surface area (Å²) in [5.41, 5.74) is 3.75. The van der Waals surface area contributed by atoms with Gasteiger partial charge in [-0.2, -0.15) is 0 Å². The van der Waals surface area contributed by atoms with Gasteiger partial charge in [0.05, 0.1) is 12.5 Å². The lowest BCUT2D eigenvalue weighted by molar-refractivity contribution is 0.563. The van der Waals surface area contributed by atoms with E-state index < -0.39 is 0 Å². The number of nitrogens with zero attached hydrogens (tertiary/aromatic N) is 1. The van der Waals surface area contributed by atoms with Gasteiger partial charge >= 0.3 is 0 Å². The maximum absolute atomic E-state index is 13.8. The van der Waals surface area contributed by atoms with Crippen LogP contribution in [0.5, 0.6) is 0 Å². The summed E-state index contributed by atoms with van der Waals surface area (Å²) < 4.78 is 18.9. The Morgan fingerprint density at radius 2 is 2.15 bits per heavy atom. The number of halogens is 1. The minimum Gasteiger partial charge on any atom is -0.472 e. The maximum Gasteiger partial charge on any atom is 0.126 e. The lowest BCUT2D eigenvalue weighted by Crippen LogP contribution is -2.22. The van der Waals surface area contributed by atoms with E-state index in [0.29, 0.717) is 5.56 Å². The molecule has 0 fully saturated rings. The third-order valence-electron chi connectivity index (χ3n) is 3.62. The van der Waals surface area contributed by atoms with Crippen molar-refractivity contribution < 1.29 is 8.81 Å². The second-order valence-corrected chi connectivity index (χ2v) is 5.16. The molecule has 1 heterocycles. The van der Waals surface area contributed by atoms with Crippen LogP contribution in [-0.2, 0) is 6.54 Å². The number of anilines is 1. The van der Waals surface area contributed by atoms with Crippen molar-refractivity contribution in [3.63, 3.8) is 0 Å². The van der Waals surface area contributed by atoms with Crippen LogP contribution < -0.4 is 10.2 Å². The van der Waals surface area contributed by atoms with Crippen LogP contribution in [0.1, 0.15) is 29.7 Å². The van der Waals surface area contributed by atoms with Crippen molar-refractivity contribution in [2.45, 2.75) is 26.4 Å². The highest BCUT2D eigenvalue weighted by molar-refractivity contribution is 5.56. The van der Waals surface area contributed by atoms with Crippen LogP contribution in [0.15, 0.2) is 35.1 Å². The molecule has 4 heteroatoms. The average Bonchev–Trinajstić information content (AvgIpc) is 2.93. The predicted molar refractivity (Wildman–Crippen MR) is 79.4 cm³/mol. The largest absolute Gasteiger partial charge is 0.472 e. The molecule has 0 saturated carbocycles. The molecule has 0 aliphatic heterocycles. The van der Waals surface area contributed by atoms with E-state index in [9.17, 15) is 4.39 Å². The van der Waals surface area contributed by atoms with Crippen LogP contribution in [0.2, 0.25) is 0 Å². The van der Waals surface area contributed by atoms with Crippen LogP contribution in [0.3, 0.4) is 0 Å². The first-order chi connectivity index (χ1) is 9.52. The fourth-order valence-electron chi connectivity index (χ4n) is 2.26. The summed E-state index contributed by atoms with van der Waals surface area (Å²) >= 11 is 0. The Balaban J connectivity index is 2.35. The zero-order valence-electron chi connectivity index (χ0n) is 12.4. The quantitative estimate of drug-likeness (QED) is 0.903. The molecule has 0 amide bonds. The molecule has 20 heavy (non-hydrogen) atoms. The van der Waals surface area contributed by atoms with Gasteiger partial charge in [-0.05, 0) is 50.2 Å². The van der Waals surface area contributed by atoms with Crippen molar-refractivity contribution >= 4 is 5.69 Å². The van der Waals surface area contributed by atoms with Gasteiger partial charge in [0.2, 0.25) is 0 Å². The van der Waals surface area contributed by atoms with Crippen LogP contribution >= 0.6 is 0 Å². The first-order valence-electron chi connectivity index (χ1n) is 6.72. The van der Waals surface area contributed by atoms with Crippen LogP contribution in [0.25, 0.3) is 0 Å². The Labute approximate surface area is 119 Å². The smallest absolute Gasteiger partial charge is 0.126 e. The first kappa shape index (κ1) is 14.6. The molecule has 1 unspecified atom stereocenters. The minimum atomic E-state index is -0.164. The third-order valence-corrected chi connectivity index (χ3v) is 3.62. The third kappa shape index (κ3) is 3.02. The molecule has 2 rings (SSSR count). The van der Waals surface area contributed by atoms with Crippen molar-refractivity contribution in [3.8, 4) is 0 Å². The number of benzene rings is 1. The summed E-state index contributed by atoms with van der Waals surface area (Å²) in [5, 5.41) is 3.17. The molecule has 0 aliphatic carbocycles. The summed E-state index contributed by atoms with van der Waals surface area (Å²) in [7, 11) is 3.88. The molecule has 1 N–H and O–H groups in total. The molecule has 1 atom stereocenters. The molecular formula is C16H21FN2O. The molecule has 0 bridgehead atoms. The monoisotopic (exact) mass is 276 g/mol. The number of furan rings is 1. The molecule has 108 valence electrons. The summed E-state index contributed by atoms with van der Waals surface area (Å²) in [6, 6.07) is 5.55. The Bertz CT molecular complexity index is 566. The van der Waals surface area contributed by atoms with E-state index in [-0.39, 0.29) is 11.9 Å². The number of hydrogen-bond acceptors (Lipinski definition) is 3. The summed E-state index contributed by atoms with van der Waals surface area (Å²) in [6.07, 6.45) is 3.39. The predicted octanol–water partition coefficient (Wildman–Crippen LogP) is 3.64. The Kier molecular flexibility index (Phi) is 4.45. The van der Waals surface area contributed by atoms with E-state index in [1.807, 2.05) is 33.2 Å². The molecular weight excluding hydrogens is 255 g/mol. The van der Waals surface area contributed by atoms with Crippen LogP contribution in [-0.4, -0.2) is 14.1 Å². The van der Waals surface area contributed by atoms with E-state index >= 15 is 0 Å². The number of rotatable bonds is 5. The number of aryl methyl sites for hydroxylation is 1. The molecule has 0 spiro atoms. The van der Waals surface area contributed by atoms with Crippen molar-refractivity contribution in [2.24, 2.45) is 0 Å². The van der Waals surface area contributed by atoms with E-state index in [2.05, 4.69) is 10.2 Å². The molecule has 2 aromatic rings. The van der Waals surface area contributed by atoms with E-state index in [1.54, 1.807) is 25.5 Å². The molecule has 0 saturated heterocycles. The summed E-state index contributed by atoms with van der Waals surface area (Å²) in [6.45, 7) is 4.54. The minimum absolute atomic E-state index is 0.0897. The van der Waals surface area contributed by atoms with Crippen molar-refractivity contribution in [1.29, 1.82) is 0 Å². The highest BCUT2D eigenvalue weighted by Gasteiger charge is 2.15. The Hall–Kier alpha value is -1.81. The Morgan fingerprint density at radius 1 is 1.40 bits per heavy atom. The van der Waals surface area contributed by atoms with Crippen molar-refractivity contribution in [2.75, 3.05) is 19.0 Å². The van der Waals surface area contributed by atoms with Gasteiger partial charge in [-0.15, -0.1) is 0 Å². The number of hydrogen-bond donors (Lipinski definition) is 1. The van der Waals surface area contributed by atoms with E-state index in [0.717, 1.165) is 23.4 Å². The van der Waals surface area contributed by atoms with E-state index in [4.69, 9.17) is 4.42 Å². The summed E-state index contributed by atoms with van der Waals surface area (Å²) in [5.74, 6) is -0.164. The van der Waals surface area contributed by atoms with Crippen molar-refractivity contribution in [1.82, 2.24) is 5.32 Å². The van der Waals surface area contributed by atoms with Gasteiger partial charge in [-0.3, -0.25) is 0 Å². The molecule has 1 aromatic carbocycles. The molecule has 1 aromatic heterocycles. The average molecular weight is 276 g/mol. The van der Waals surface area contributed by atoms with Gasteiger partial charge in [0.25, 0.3) is 0 Å². The lowest BCUT2D eigenvalue weighted by Gasteiger charge is -2.25. The van der Waals surface area contributed by atoms with Gasteiger partial charge in [0.15, 0.2) is 0 Å². The standard InChI is InChI=1S/C16H21FN2O/c1-11-7-16(14(8-15(11)17)12(2)18-3)19(4)9-13-5-6-20-10-13/h5-8,10,12,18H,9H2,1-4H3. The highest BCUT2D eigenvalue weighted by atomic mass is 19.1. The van der Waals surface area contributed by atoms with Gasteiger partial charge in [-0.1, -0.05) is 0 Å². The van der Waals surface area contributed by atoms with Gasteiger partial charge < -0.3 is 14.6 Å². The van der Waals surface area contributed by atoms with Gasteiger partial charge in [-0.25, -0.2) is 4.39 Å². The fraction of sp³-hybridized carbons (Fsp3) is 0.375. The zero-order chi connectivity index (χ0) is 14.7. The Morgan fingerprint density at radius 3 is 2.75 bits per heavy atom. The maximum atomic E-state index is 13.8. The summed E-state index contributed by atoms with van der Waals surface area (Å²) in [4.78, 5) is 2.11. The first-order valence-corrected chi connectivity index (χ1v) is 6.72. The highest BCUT2D eigenvalue weighted by Crippen LogP contribution is 2.29. The molecule has 3 nitrogen and oxygen atoms in total.